The van der Waals surface area contributed by atoms with Gasteiger partial charge in [-0.25, -0.2) is 9.97 Å². The van der Waals surface area contributed by atoms with Crippen molar-refractivity contribution in [1.29, 1.82) is 0 Å². The molecular weight excluding hydrogens is 474 g/mol. The molecule has 5 nitrogen and oxygen atoms in total. The highest BCUT2D eigenvalue weighted by Crippen LogP contribution is 2.32. The van der Waals surface area contributed by atoms with Crippen molar-refractivity contribution in [2.24, 2.45) is 0 Å². The normalized spacial score (nSPS) is 10.6. The lowest BCUT2D eigenvalue weighted by molar-refractivity contribution is 0.101. The van der Waals surface area contributed by atoms with Crippen molar-refractivity contribution in [1.82, 2.24) is 9.97 Å². The summed E-state index contributed by atoms with van der Waals surface area (Å²) in [6, 6.07) is 24.7. The van der Waals surface area contributed by atoms with Crippen LogP contribution < -0.4 is 10.1 Å². The second-order valence-corrected chi connectivity index (χ2v) is 9.37. The summed E-state index contributed by atoms with van der Waals surface area (Å²) < 4.78 is 5.18. The molecule has 1 amide bonds. The number of rotatable bonds is 8. The number of amides is 1. The zero-order valence-electron chi connectivity index (χ0n) is 17.7. The van der Waals surface area contributed by atoms with Gasteiger partial charge in [-0.3, -0.25) is 4.79 Å². The molecule has 1 aromatic heterocycles. The van der Waals surface area contributed by atoms with Crippen molar-refractivity contribution in [3.05, 3.63) is 101 Å². The second-order valence-electron chi connectivity index (χ2n) is 6.88. The number of hydrogen-bond acceptors (Lipinski definition) is 6. The molecule has 0 radical (unpaired) electrons. The smallest absolute Gasteiger partial charge is 0.275 e. The van der Waals surface area contributed by atoms with E-state index >= 15 is 0 Å². The van der Waals surface area contributed by atoms with Crippen molar-refractivity contribution < 1.29 is 9.53 Å². The molecule has 166 valence electrons. The number of anilines is 1. The van der Waals surface area contributed by atoms with Gasteiger partial charge in [0.2, 0.25) is 0 Å². The fraction of sp³-hybridized carbons (Fsp3) is 0.0800. The van der Waals surface area contributed by atoms with Crippen molar-refractivity contribution in [3.8, 4) is 5.75 Å². The third kappa shape index (κ3) is 6.51. The zero-order valence-corrected chi connectivity index (χ0v) is 20.1. The van der Waals surface area contributed by atoms with E-state index in [1.54, 1.807) is 37.6 Å². The Bertz CT molecular complexity index is 1220. The van der Waals surface area contributed by atoms with Crippen molar-refractivity contribution >= 4 is 46.7 Å². The number of nitrogens with one attached hydrogen (secondary N) is 1. The Balaban J connectivity index is 1.58. The quantitative estimate of drug-likeness (QED) is 0.214. The molecule has 3 aromatic carbocycles. The van der Waals surface area contributed by atoms with Crippen molar-refractivity contribution in [2.45, 2.75) is 20.7 Å². The van der Waals surface area contributed by atoms with Crippen LogP contribution in [0.2, 0.25) is 5.02 Å². The van der Waals surface area contributed by atoms with E-state index < -0.39 is 0 Å². The third-order valence-electron chi connectivity index (χ3n) is 4.55. The largest absolute Gasteiger partial charge is 0.497 e. The predicted molar refractivity (Wildman–Crippen MR) is 135 cm³/mol. The van der Waals surface area contributed by atoms with Crippen molar-refractivity contribution in [2.75, 3.05) is 12.4 Å². The Hall–Kier alpha value is -3.00. The number of nitrogens with zero attached hydrogens (tertiary/aromatic N) is 2. The fourth-order valence-corrected chi connectivity index (χ4v) is 4.64. The maximum atomic E-state index is 13.2. The van der Waals surface area contributed by atoms with E-state index in [0.29, 0.717) is 38.0 Å². The first-order chi connectivity index (χ1) is 16.1. The maximum Gasteiger partial charge on any atom is 0.275 e. The molecule has 0 spiro atoms. The number of carbonyl (C=O) groups excluding carboxylic acids is 1. The van der Waals surface area contributed by atoms with Gasteiger partial charge in [0.1, 0.15) is 11.4 Å². The lowest BCUT2D eigenvalue weighted by Crippen LogP contribution is -2.16. The highest BCUT2D eigenvalue weighted by Gasteiger charge is 2.17. The SMILES string of the molecule is COc1ccc(NC(=O)c2nc(SCc3ccccc3)ncc2Sc2ccc(Cl)cc2)cc1. The molecule has 0 saturated heterocycles. The molecule has 0 atom stereocenters. The summed E-state index contributed by atoms with van der Waals surface area (Å²) in [4.78, 5) is 23.9. The molecule has 4 aromatic rings. The summed E-state index contributed by atoms with van der Waals surface area (Å²) in [5, 5.41) is 4.11. The number of methoxy groups -OCH3 is 1. The van der Waals surface area contributed by atoms with Crippen LogP contribution in [0.25, 0.3) is 0 Å². The minimum Gasteiger partial charge on any atom is -0.497 e. The van der Waals surface area contributed by atoms with Gasteiger partial charge in [0.05, 0.1) is 12.0 Å². The van der Waals surface area contributed by atoms with Crippen LogP contribution in [0.5, 0.6) is 5.75 Å². The summed E-state index contributed by atoms with van der Waals surface area (Å²) >= 11 is 8.91. The van der Waals surface area contributed by atoms with Crippen LogP contribution in [0.4, 0.5) is 5.69 Å². The first-order valence-electron chi connectivity index (χ1n) is 10.0. The molecule has 0 saturated carbocycles. The Morgan fingerprint density at radius 1 is 1.00 bits per heavy atom. The molecule has 0 bridgehead atoms. The first-order valence-corrected chi connectivity index (χ1v) is 12.2. The predicted octanol–water partition coefficient (Wildman–Crippen LogP) is 6.83. The van der Waals surface area contributed by atoms with Gasteiger partial charge in [-0.05, 0) is 54.1 Å². The van der Waals surface area contributed by atoms with Gasteiger partial charge in [0, 0.05) is 27.6 Å². The molecule has 33 heavy (non-hydrogen) atoms. The van der Waals surface area contributed by atoms with Gasteiger partial charge in [0.15, 0.2) is 5.16 Å². The minimum atomic E-state index is -0.305. The summed E-state index contributed by atoms with van der Waals surface area (Å²) in [6.45, 7) is 0. The second kappa shape index (κ2) is 11.2. The molecule has 0 aliphatic carbocycles. The number of benzene rings is 3. The van der Waals surface area contributed by atoms with Gasteiger partial charge in [-0.15, -0.1) is 0 Å². The fourth-order valence-electron chi connectivity index (χ4n) is 2.88. The number of aromatic nitrogens is 2. The summed E-state index contributed by atoms with van der Waals surface area (Å²) in [5.41, 5.74) is 2.13. The van der Waals surface area contributed by atoms with Crippen LogP contribution >= 0.6 is 35.1 Å². The van der Waals surface area contributed by atoms with E-state index in [1.165, 1.54) is 23.5 Å². The molecule has 0 aliphatic rings. The molecule has 1 N–H and O–H groups in total. The number of carbonyl (C=O) groups is 1. The molecule has 4 rings (SSSR count). The van der Waals surface area contributed by atoms with E-state index in [4.69, 9.17) is 16.3 Å². The molecule has 0 unspecified atom stereocenters. The van der Waals surface area contributed by atoms with Crippen LogP contribution in [0.1, 0.15) is 16.1 Å². The van der Waals surface area contributed by atoms with Gasteiger partial charge in [0.25, 0.3) is 5.91 Å². The van der Waals surface area contributed by atoms with Crippen LogP contribution in [0.15, 0.2) is 100 Å². The number of hydrogen-bond donors (Lipinski definition) is 1. The number of ether oxygens (including phenoxy) is 1. The van der Waals surface area contributed by atoms with Gasteiger partial charge < -0.3 is 10.1 Å². The summed E-state index contributed by atoms with van der Waals surface area (Å²) in [5.74, 6) is 1.12. The Morgan fingerprint density at radius 3 is 2.42 bits per heavy atom. The monoisotopic (exact) mass is 493 g/mol. The van der Waals surface area contributed by atoms with E-state index in [9.17, 15) is 4.79 Å². The summed E-state index contributed by atoms with van der Waals surface area (Å²) in [7, 11) is 1.60. The Morgan fingerprint density at radius 2 is 1.73 bits per heavy atom. The maximum absolute atomic E-state index is 13.2. The highest BCUT2D eigenvalue weighted by molar-refractivity contribution is 7.99. The van der Waals surface area contributed by atoms with Crippen LogP contribution in [0, 0.1) is 0 Å². The molecule has 8 heteroatoms. The molecule has 1 heterocycles. The van der Waals surface area contributed by atoms with Crippen LogP contribution in [0.3, 0.4) is 0 Å². The van der Waals surface area contributed by atoms with Crippen molar-refractivity contribution in [3.63, 3.8) is 0 Å². The Kier molecular flexibility index (Phi) is 7.88. The highest BCUT2D eigenvalue weighted by atomic mass is 35.5. The van der Waals surface area contributed by atoms with Gasteiger partial charge in [-0.1, -0.05) is 65.5 Å². The third-order valence-corrected chi connectivity index (χ3v) is 6.76. The van der Waals surface area contributed by atoms with E-state index in [-0.39, 0.29) is 5.91 Å². The van der Waals surface area contributed by atoms with E-state index in [1.807, 2.05) is 42.5 Å². The zero-order chi connectivity index (χ0) is 23.0. The number of thioether (sulfide) groups is 1. The standard InChI is InChI=1S/C25H20ClN3O2S2/c1-31-20-11-9-19(10-12-20)28-24(30)23-22(33-21-13-7-18(26)8-14-21)15-27-25(29-23)32-16-17-5-3-2-4-6-17/h2-15H,16H2,1H3,(H,28,30). The first kappa shape index (κ1) is 23.2. The minimum absolute atomic E-state index is 0.305. The topological polar surface area (TPSA) is 64.1 Å². The average molecular weight is 494 g/mol. The summed E-state index contributed by atoms with van der Waals surface area (Å²) in [6.07, 6.45) is 1.70. The molecular formula is C25H20ClN3O2S2. The lowest BCUT2D eigenvalue weighted by Gasteiger charge is -2.11. The Labute approximate surface area is 206 Å². The van der Waals surface area contributed by atoms with E-state index in [0.717, 1.165) is 10.5 Å². The van der Waals surface area contributed by atoms with E-state index in [2.05, 4.69) is 27.4 Å². The van der Waals surface area contributed by atoms with Crippen LogP contribution in [-0.4, -0.2) is 23.0 Å². The van der Waals surface area contributed by atoms with Gasteiger partial charge >= 0.3 is 0 Å². The van der Waals surface area contributed by atoms with Gasteiger partial charge in [-0.2, -0.15) is 0 Å². The molecule has 0 fully saturated rings. The van der Waals surface area contributed by atoms with Crippen LogP contribution in [-0.2, 0) is 5.75 Å². The lowest BCUT2D eigenvalue weighted by atomic mass is 10.2. The number of halogens is 1. The molecule has 0 aliphatic heterocycles. The average Bonchev–Trinajstić information content (AvgIpc) is 2.86.